The number of allylic oxidation sites excluding steroid dienone is 1. The summed E-state index contributed by atoms with van der Waals surface area (Å²) in [5.74, 6) is 1.34. The Hall–Kier alpha value is -4.11. The fraction of sp³-hybridized carbons (Fsp3) is 0.323. The summed E-state index contributed by atoms with van der Waals surface area (Å²) in [6.45, 7) is 8.23. The van der Waals surface area contributed by atoms with E-state index < -0.39 is 12.0 Å². The third-order valence-corrected chi connectivity index (χ3v) is 7.47. The molecule has 0 spiro atoms. The summed E-state index contributed by atoms with van der Waals surface area (Å²) in [7, 11) is 3.13. The normalized spacial score (nSPS) is 14.8. The molecule has 0 amide bonds. The molecule has 0 fully saturated rings. The van der Waals surface area contributed by atoms with Crippen LogP contribution in [-0.2, 0) is 9.53 Å². The van der Waals surface area contributed by atoms with Gasteiger partial charge in [-0.15, -0.1) is 0 Å². The number of thiazole rings is 1. The number of hydrogen-bond acceptors (Lipinski definition) is 8. The molecule has 1 atom stereocenters. The summed E-state index contributed by atoms with van der Waals surface area (Å²) in [6, 6.07) is 12.2. The average Bonchev–Trinajstić information content (AvgIpc) is 3.27. The maximum atomic E-state index is 13.8. The molecule has 1 unspecified atom stereocenters. The molecule has 40 heavy (non-hydrogen) atoms. The Kier molecular flexibility index (Phi) is 9.60. The van der Waals surface area contributed by atoms with Crippen LogP contribution >= 0.6 is 11.3 Å². The predicted molar refractivity (Wildman–Crippen MR) is 156 cm³/mol. The van der Waals surface area contributed by atoms with Crippen molar-refractivity contribution in [3.63, 3.8) is 0 Å². The number of carbonyl (C=O) groups excluding carboxylic acids is 1. The first-order chi connectivity index (χ1) is 19.4. The maximum Gasteiger partial charge on any atom is 0.338 e. The highest BCUT2D eigenvalue weighted by Gasteiger charge is 2.33. The number of carbonyl (C=O) groups is 1. The minimum atomic E-state index is -0.713. The summed E-state index contributed by atoms with van der Waals surface area (Å²) >= 11 is 1.26. The lowest BCUT2D eigenvalue weighted by Gasteiger charge is -2.24. The highest BCUT2D eigenvalue weighted by Crippen LogP contribution is 2.32. The predicted octanol–water partition coefficient (Wildman–Crippen LogP) is 4.55. The Labute approximate surface area is 237 Å². The number of ether oxygens (including phenoxy) is 4. The molecule has 0 N–H and O–H groups in total. The molecule has 0 saturated carbocycles. The second-order valence-corrected chi connectivity index (χ2v) is 10.2. The van der Waals surface area contributed by atoms with Crippen LogP contribution in [0.5, 0.6) is 17.2 Å². The van der Waals surface area contributed by atoms with E-state index in [1.54, 1.807) is 43.9 Å². The van der Waals surface area contributed by atoms with Crippen molar-refractivity contribution >= 4 is 23.4 Å². The van der Waals surface area contributed by atoms with E-state index in [2.05, 4.69) is 18.5 Å². The lowest BCUT2D eigenvalue weighted by atomic mass is 9.96. The van der Waals surface area contributed by atoms with Crippen LogP contribution < -0.4 is 29.1 Å². The molecule has 210 valence electrons. The fourth-order valence-electron chi connectivity index (χ4n) is 4.49. The van der Waals surface area contributed by atoms with E-state index in [1.807, 2.05) is 30.3 Å². The van der Waals surface area contributed by atoms with Gasteiger partial charge < -0.3 is 18.9 Å². The van der Waals surface area contributed by atoms with E-state index in [4.69, 9.17) is 18.9 Å². The maximum absolute atomic E-state index is 13.8. The SMILES string of the molecule is C=CCOC(=O)C1=C(C)N=c2s/c(=C\c3ccc(OC)c(OC)c3)c(=O)n2C1c1ccc(OCCCCC)cc1. The van der Waals surface area contributed by atoms with Gasteiger partial charge in [-0.3, -0.25) is 9.36 Å². The standard InChI is InChI=1S/C31H34N2O6S/c1-6-8-9-17-38-23-13-11-22(12-14-23)28-27(30(35)39-16-7-2)20(3)32-31-33(28)29(34)26(40-31)19-21-10-15-24(36-4)25(18-21)37-5/h7,10-15,18-19,28H,2,6,8-9,16-17H2,1,3-5H3/b26-19-. The van der Waals surface area contributed by atoms with Crippen molar-refractivity contribution in [1.82, 2.24) is 4.57 Å². The lowest BCUT2D eigenvalue weighted by molar-refractivity contribution is -0.138. The summed E-state index contributed by atoms with van der Waals surface area (Å²) in [5, 5.41) is 0. The number of unbranched alkanes of at least 4 members (excludes halogenated alkanes) is 2. The number of methoxy groups -OCH3 is 2. The van der Waals surface area contributed by atoms with Crippen molar-refractivity contribution in [2.24, 2.45) is 4.99 Å². The highest BCUT2D eigenvalue weighted by atomic mass is 32.1. The van der Waals surface area contributed by atoms with Gasteiger partial charge in [0.05, 0.1) is 42.7 Å². The summed E-state index contributed by atoms with van der Waals surface area (Å²) < 4.78 is 24.1. The van der Waals surface area contributed by atoms with Gasteiger partial charge in [-0.05, 0) is 54.8 Å². The lowest BCUT2D eigenvalue weighted by Crippen LogP contribution is -2.39. The van der Waals surface area contributed by atoms with Crippen molar-refractivity contribution < 1.29 is 23.7 Å². The van der Waals surface area contributed by atoms with Crippen LogP contribution in [0.2, 0.25) is 0 Å². The first-order valence-corrected chi connectivity index (χ1v) is 14.0. The molecule has 0 radical (unpaired) electrons. The van der Waals surface area contributed by atoms with Crippen molar-refractivity contribution in [2.75, 3.05) is 27.4 Å². The number of aromatic nitrogens is 1. The topological polar surface area (TPSA) is 88.4 Å². The van der Waals surface area contributed by atoms with Crippen molar-refractivity contribution in [3.05, 3.63) is 97.2 Å². The van der Waals surface area contributed by atoms with E-state index in [0.29, 0.717) is 38.7 Å². The third-order valence-electron chi connectivity index (χ3n) is 6.49. The number of esters is 1. The van der Waals surface area contributed by atoms with Gasteiger partial charge in [-0.25, -0.2) is 9.79 Å². The quantitative estimate of drug-likeness (QED) is 0.183. The molecule has 8 nitrogen and oxygen atoms in total. The van der Waals surface area contributed by atoms with Gasteiger partial charge in [0.1, 0.15) is 12.4 Å². The molecule has 1 aliphatic rings. The van der Waals surface area contributed by atoms with Crippen LogP contribution in [0, 0.1) is 0 Å². The van der Waals surface area contributed by atoms with E-state index >= 15 is 0 Å². The summed E-state index contributed by atoms with van der Waals surface area (Å²) in [6.07, 6.45) is 6.50. The zero-order valence-electron chi connectivity index (χ0n) is 23.3. The number of nitrogens with zero attached hydrogens (tertiary/aromatic N) is 2. The van der Waals surface area contributed by atoms with Crippen molar-refractivity contribution in [2.45, 2.75) is 39.2 Å². The molecular weight excluding hydrogens is 528 g/mol. The molecule has 2 heterocycles. The van der Waals surface area contributed by atoms with Crippen LogP contribution in [0.15, 0.2) is 76.2 Å². The smallest absolute Gasteiger partial charge is 0.338 e. The van der Waals surface area contributed by atoms with Gasteiger partial charge in [0.15, 0.2) is 16.3 Å². The van der Waals surface area contributed by atoms with Crippen LogP contribution in [0.4, 0.5) is 0 Å². The van der Waals surface area contributed by atoms with E-state index in [-0.39, 0.29) is 12.2 Å². The molecule has 2 aromatic carbocycles. The van der Waals surface area contributed by atoms with Crippen LogP contribution in [0.1, 0.15) is 50.3 Å². The molecule has 3 aromatic rings. The Bertz CT molecular complexity index is 1580. The minimum absolute atomic E-state index is 0.0522. The molecule has 4 rings (SSSR count). The Balaban J connectivity index is 1.80. The van der Waals surface area contributed by atoms with Crippen LogP contribution in [0.25, 0.3) is 6.08 Å². The third kappa shape index (κ3) is 6.20. The van der Waals surface area contributed by atoms with Gasteiger partial charge in [0.25, 0.3) is 5.56 Å². The number of hydrogen-bond donors (Lipinski definition) is 0. The van der Waals surface area contributed by atoms with Gasteiger partial charge in [0.2, 0.25) is 0 Å². The Morgan fingerprint density at radius 1 is 1.10 bits per heavy atom. The monoisotopic (exact) mass is 562 g/mol. The first-order valence-electron chi connectivity index (χ1n) is 13.2. The molecule has 0 bridgehead atoms. The molecule has 0 saturated heterocycles. The van der Waals surface area contributed by atoms with E-state index in [9.17, 15) is 9.59 Å². The summed E-state index contributed by atoms with van der Waals surface area (Å²) in [4.78, 5) is 32.2. The minimum Gasteiger partial charge on any atom is -0.494 e. The van der Waals surface area contributed by atoms with Crippen LogP contribution in [-0.4, -0.2) is 38.0 Å². The van der Waals surface area contributed by atoms with E-state index in [0.717, 1.165) is 36.1 Å². The second-order valence-electron chi connectivity index (χ2n) is 9.21. The van der Waals surface area contributed by atoms with Crippen molar-refractivity contribution in [3.8, 4) is 17.2 Å². The van der Waals surface area contributed by atoms with Gasteiger partial charge in [-0.2, -0.15) is 0 Å². The largest absolute Gasteiger partial charge is 0.494 e. The molecule has 1 aliphatic heterocycles. The van der Waals surface area contributed by atoms with Crippen molar-refractivity contribution in [1.29, 1.82) is 0 Å². The Morgan fingerprint density at radius 3 is 2.52 bits per heavy atom. The average molecular weight is 563 g/mol. The van der Waals surface area contributed by atoms with Crippen LogP contribution in [0.3, 0.4) is 0 Å². The molecule has 9 heteroatoms. The second kappa shape index (κ2) is 13.3. The summed E-state index contributed by atoms with van der Waals surface area (Å²) in [5.41, 5.74) is 2.07. The fourth-order valence-corrected chi connectivity index (χ4v) is 5.54. The highest BCUT2D eigenvalue weighted by molar-refractivity contribution is 7.07. The van der Waals surface area contributed by atoms with Gasteiger partial charge in [-0.1, -0.05) is 62.0 Å². The molecule has 0 aliphatic carbocycles. The first kappa shape index (κ1) is 28.9. The Morgan fingerprint density at radius 2 is 1.85 bits per heavy atom. The molecular formula is C31H34N2O6S. The number of benzene rings is 2. The zero-order chi connectivity index (χ0) is 28.6. The van der Waals surface area contributed by atoms with Gasteiger partial charge in [0, 0.05) is 0 Å². The number of rotatable bonds is 12. The number of fused-ring (bicyclic) bond motifs is 1. The van der Waals surface area contributed by atoms with Gasteiger partial charge >= 0.3 is 5.97 Å². The zero-order valence-corrected chi connectivity index (χ0v) is 24.1. The van der Waals surface area contributed by atoms with E-state index in [1.165, 1.54) is 17.4 Å². The molecule has 1 aromatic heterocycles.